The lowest BCUT2D eigenvalue weighted by atomic mass is 10.1. The Morgan fingerprint density at radius 3 is 2.75 bits per heavy atom. The molecule has 0 aliphatic rings. The number of methoxy groups -OCH3 is 1. The molecular weight excluding hydrogens is 328 g/mol. The lowest BCUT2D eigenvalue weighted by Crippen LogP contribution is -1.95. The fraction of sp³-hybridized carbons (Fsp3) is 0.125. The lowest BCUT2D eigenvalue weighted by molar-refractivity contribution is 0.104. The Bertz CT molecular complexity index is 854. The van der Waals surface area contributed by atoms with Crippen LogP contribution in [0.1, 0.15) is 25.9 Å². The van der Waals surface area contributed by atoms with Crippen LogP contribution in [0.4, 0.5) is 0 Å². The zero-order chi connectivity index (χ0) is 16.9. The Kier molecular flexibility index (Phi) is 4.66. The Hall–Kier alpha value is -3.00. The molecule has 7 nitrogen and oxygen atoms in total. The molecule has 0 spiro atoms. The molecule has 0 amide bonds. The fourth-order valence-electron chi connectivity index (χ4n) is 2.08. The minimum Gasteiger partial charge on any atom is -0.504 e. The van der Waals surface area contributed by atoms with Crippen LogP contribution in [0.3, 0.4) is 0 Å². The molecule has 2 N–H and O–H groups in total. The first-order valence-corrected chi connectivity index (χ1v) is 7.88. The highest BCUT2D eigenvalue weighted by Crippen LogP contribution is 2.22. The van der Waals surface area contributed by atoms with Crippen LogP contribution in [0.15, 0.2) is 42.5 Å². The van der Waals surface area contributed by atoms with Gasteiger partial charge in [0.25, 0.3) is 0 Å². The highest BCUT2D eigenvalue weighted by Gasteiger charge is 2.12. The van der Waals surface area contributed by atoms with Crippen LogP contribution >= 0.6 is 11.3 Å². The molecule has 3 aromatic rings. The number of allylic oxidation sites excluding steroid dienone is 1. The number of H-pyrrole nitrogens is 1. The summed E-state index contributed by atoms with van der Waals surface area (Å²) in [6.45, 7) is 0. The number of thiophene rings is 1. The third-order valence-corrected chi connectivity index (χ3v) is 4.38. The second kappa shape index (κ2) is 7.05. The molecule has 1 aromatic carbocycles. The van der Waals surface area contributed by atoms with E-state index in [9.17, 15) is 9.90 Å². The summed E-state index contributed by atoms with van der Waals surface area (Å²) < 4.78 is 5.13. The fourth-order valence-corrected chi connectivity index (χ4v) is 3.03. The number of nitrogens with zero attached hydrogens (tertiary/aromatic N) is 3. The summed E-state index contributed by atoms with van der Waals surface area (Å²) in [6.07, 6.45) is 1.82. The van der Waals surface area contributed by atoms with E-state index in [-0.39, 0.29) is 17.4 Å². The number of tetrazole rings is 1. The van der Waals surface area contributed by atoms with E-state index in [1.54, 1.807) is 13.2 Å². The third-order valence-electron chi connectivity index (χ3n) is 3.28. The topological polar surface area (TPSA) is 101 Å². The van der Waals surface area contributed by atoms with Gasteiger partial charge in [-0.2, -0.15) is 5.21 Å². The van der Waals surface area contributed by atoms with Crippen molar-refractivity contribution in [2.45, 2.75) is 6.42 Å². The van der Waals surface area contributed by atoms with Crippen molar-refractivity contribution >= 4 is 22.9 Å². The molecule has 2 aromatic heterocycles. The number of ketones is 1. The highest BCUT2D eigenvalue weighted by atomic mass is 32.1. The second-order valence-electron chi connectivity index (χ2n) is 4.92. The normalized spacial score (nSPS) is 11.5. The second-order valence-corrected chi connectivity index (χ2v) is 6.09. The molecule has 0 saturated heterocycles. The van der Waals surface area contributed by atoms with Gasteiger partial charge >= 0.3 is 0 Å². The number of hydrogen-bond acceptors (Lipinski definition) is 7. The number of benzene rings is 1. The summed E-state index contributed by atoms with van der Waals surface area (Å²) in [5, 5.41) is 22.6. The molecule has 0 aliphatic heterocycles. The van der Waals surface area contributed by atoms with Gasteiger partial charge in [-0.25, -0.2) is 0 Å². The number of ether oxygens (including phenoxy) is 1. The average Bonchev–Trinajstić information content (AvgIpc) is 3.27. The van der Waals surface area contributed by atoms with Crippen molar-refractivity contribution in [3.63, 3.8) is 0 Å². The molecule has 0 unspecified atom stereocenters. The standard InChI is InChI=1S/C16H14N4O3S/c1-23-11-4-2-10(3-5-11)8-12-6-7-15(24-12)13(21)9-14(22)16-17-19-20-18-16/h2-7,9,22H,8H2,1H3,(H,17,18,19,20). The number of rotatable bonds is 6. The Morgan fingerprint density at radius 2 is 2.08 bits per heavy atom. The van der Waals surface area contributed by atoms with Crippen molar-refractivity contribution in [1.82, 2.24) is 20.6 Å². The van der Waals surface area contributed by atoms with Crippen LogP contribution in [0.2, 0.25) is 0 Å². The molecular formula is C16H14N4O3S. The average molecular weight is 342 g/mol. The molecule has 2 heterocycles. The maximum Gasteiger partial charge on any atom is 0.239 e. The van der Waals surface area contributed by atoms with E-state index in [0.717, 1.165) is 28.7 Å². The smallest absolute Gasteiger partial charge is 0.239 e. The van der Waals surface area contributed by atoms with Crippen LogP contribution in [-0.2, 0) is 6.42 Å². The van der Waals surface area contributed by atoms with E-state index in [0.29, 0.717) is 4.88 Å². The van der Waals surface area contributed by atoms with Crippen LogP contribution < -0.4 is 4.74 Å². The Morgan fingerprint density at radius 1 is 1.29 bits per heavy atom. The van der Waals surface area contributed by atoms with Crippen molar-refractivity contribution in [3.05, 3.63) is 63.6 Å². The predicted molar refractivity (Wildman–Crippen MR) is 89.2 cm³/mol. The van der Waals surface area contributed by atoms with E-state index in [1.807, 2.05) is 30.3 Å². The molecule has 3 rings (SSSR count). The zero-order valence-corrected chi connectivity index (χ0v) is 13.6. The maximum absolute atomic E-state index is 12.2. The summed E-state index contributed by atoms with van der Waals surface area (Å²) in [5.41, 5.74) is 1.13. The van der Waals surface area contributed by atoms with Gasteiger partial charge in [-0.1, -0.05) is 12.1 Å². The third kappa shape index (κ3) is 3.66. The van der Waals surface area contributed by atoms with Gasteiger partial charge in [0.1, 0.15) is 5.75 Å². The maximum atomic E-state index is 12.2. The molecule has 0 radical (unpaired) electrons. The van der Waals surface area contributed by atoms with Crippen molar-refractivity contribution in [1.29, 1.82) is 0 Å². The molecule has 0 bridgehead atoms. The summed E-state index contributed by atoms with van der Waals surface area (Å²) in [7, 11) is 1.63. The number of carbonyl (C=O) groups is 1. The number of carbonyl (C=O) groups excluding carboxylic acids is 1. The first kappa shape index (κ1) is 15.9. The molecule has 8 heteroatoms. The van der Waals surface area contributed by atoms with Crippen molar-refractivity contribution < 1.29 is 14.6 Å². The van der Waals surface area contributed by atoms with Crippen LogP contribution in [0.25, 0.3) is 5.76 Å². The van der Waals surface area contributed by atoms with E-state index in [2.05, 4.69) is 20.6 Å². The summed E-state index contributed by atoms with van der Waals surface area (Å²) in [4.78, 5) is 13.8. The van der Waals surface area contributed by atoms with E-state index in [1.165, 1.54) is 11.3 Å². The first-order valence-electron chi connectivity index (χ1n) is 7.06. The van der Waals surface area contributed by atoms with E-state index < -0.39 is 0 Å². The number of aromatic nitrogens is 4. The van der Waals surface area contributed by atoms with Gasteiger partial charge in [0, 0.05) is 17.4 Å². The summed E-state index contributed by atoms with van der Waals surface area (Å²) in [5.74, 6) is 0.170. The van der Waals surface area contributed by atoms with Crippen molar-refractivity contribution in [3.8, 4) is 5.75 Å². The van der Waals surface area contributed by atoms with Gasteiger partial charge in [-0.15, -0.1) is 21.5 Å². The molecule has 0 saturated carbocycles. The minimum atomic E-state index is -0.321. The van der Waals surface area contributed by atoms with E-state index in [4.69, 9.17) is 4.74 Å². The predicted octanol–water partition coefficient (Wildman–Crippen LogP) is 2.64. The molecule has 122 valence electrons. The number of hydrogen-bond donors (Lipinski definition) is 2. The van der Waals surface area contributed by atoms with Gasteiger partial charge in [0.05, 0.1) is 12.0 Å². The Labute approximate surface area is 141 Å². The lowest BCUT2D eigenvalue weighted by Gasteiger charge is -2.01. The number of nitrogens with one attached hydrogen (secondary N) is 1. The van der Waals surface area contributed by atoms with Gasteiger partial charge in [0.2, 0.25) is 5.82 Å². The van der Waals surface area contributed by atoms with Gasteiger partial charge in [0.15, 0.2) is 11.5 Å². The van der Waals surface area contributed by atoms with Gasteiger partial charge < -0.3 is 9.84 Å². The van der Waals surface area contributed by atoms with Crippen molar-refractivity contribution in [2.24, 2.45) is 0 Å². The SMILES string of the molecule is COc1ccc(Cc2ccc(C(=O)C=C(O)c3nn[nH]n3)s2)cc1. The number of aliphatic hydroxyl groups excluding tert-OH is 1. The first-order chi connectivity index (χ1) is 11.7. The molecule has 0 atom stereocenters. The Balaban J connectivity index is 1.70. The summed E-state index contributed by atoms with van der Waals surface area (Å²) >= 11 is 1.38. The minimum absolute atomic E-state index is 0.0154. The van der Waals surface area contributed by atoms with Gasteiger partial charge in [-0.3, -0.25) is 4.79 Å². The molecule has 0 fully saturated rings. The van der Waals surface area contributed by atoms with E-state index >= 15 is 0 Å². The zero-order valence-electron chi connectivity index (χ0n) is 12.8. The largest absolute Gasteiger partial charge is 0.504 e. The van der Waals surface area contributed by atoms with Crippen LogP contribution in [0.5, 0.6) is 5.75 Å². The number of aromatic amines is 1. The summed E-state index contributed by atoms with van der Waals surface area (Å²) in [6, 6.07) is 11.4. The quantitative estimate of drug-likeness (QED) is 0.406. The van der Waals surface area contributed by atoms with Crippen LogP contribution in [-0.4, -0.2) is 38.6 Å². The van der Waals surface area contributed by atoms with Crippen molar-refractivity contribution in [2.75, 3.05) is 7.11 Å². The highest BCUT2D eigenvalue weighted by molar-refractivity contribution is 7.14. The molecule has 0 aliphatic carbocycles. The van der Waals surface area contributed by atoms with Crippen LogP contribution in [0, 0.1) is 0 Å². The monoisotopic (exact) mass is 342 g/mol. The number of aliphatic hydroxyl groups is 1. The molecule has 24 heavy (non-hydrogen) atoms. The van der Waals surface area contributed by atoms with Gasteiger partial charge in [-0.05, 0) is 35.0 Å².